The van der Waals surface area contributed by atoms with Crippen molar-refractivity contribution in [1.29, 1.82) is 0 Å². The molecule has 0 aliphatic rings. The van der Waals surface area contributed by atoms with Gasteiger partial charge < -0.3 is 15.0 Å². The number of nitrogens with zero attached hydrogens (tertiary/aromatic N) is 1. The van der Waals surface area contributed by atoms with E-state index in [9.17, 15) is 13.2 Å². The predicted molar refractivity (Wildman–Crippen MR) is 56.5 cm³/mol. The summed E-state index contributed by atoms with van der Waals surface area (Å²) in [4.78, 5) is 6.74. The number of H-pyrrole nitrogens is 1. The maximum absolute atomic E-state index is 12.0. The van der Waals surface area contributed by atoms with Crippen LogP contribution in [0, 0.1) is 0 Å². The van der Waals surface area contributed by atoms with E-state index in [0.717, 1.165) is 5.69 Å². The standard InChI is InChI=1S/C10H16F3N3O/c1-17-5-4-14-6-8-7-15-9(16-8)2-3-10(11,12)13/h7,14H,2-6H2,1H3,(H,15,16). The smallest absolute Gasteiger partial charge is 0.383 e. The van der Waals surface area contributed by atoms with Crippen LogP contribution < -0.4 is 5.32 Å². The van der Waals surface area contributed by atoms with Crippen molar-refractivity contribution in [3.63, 3.8) is 0 Å². The van der Waals surface area contributed by atoms with E-state index in [-0.39, 0.29) is 6.42 Å². The Labute approximate surface area is 97.6 Å². The number of ether oxygens (including phenoxy) is 1. The molecule has 0 radical (unpaired) electrons. The van der Waals surface area contributed by atoms with Crippen LogP contribution in [0.4, 0.5) is 13.2 Å². The summed E-state index contributed by atoms with van der Waals surface area (Å²) in [5, 5.41) is 3.07. The first-order valence-corrected chi connectivity index (χ1v) is 5.30. The van der Waals surface area contributed by atoms with Gasteiger partial charge in [0.05, 0.1) is 13.0 Å². The highest BCUT2D eigenvalue weighted by Gasteiger charge is 2.26. The van der Waals surface area contributed by atoms with Gasteiger partial charge in [-0.15, -0.1) is 0 Å². The molecule has 2 N–H and O–H groups in total. The number of nitrogens with one attached hydrogen (secondary N) is 2. The largest absolute Gasteiger partial charge is 0.389 e. The number of aromatic nitrogens is 2. The lowest BCUT2D eigenvalue weighted by Gasteiger charge is -2.03. The fraction of sp³-hybridized carbons (Fsp3) is 0.700. The van der Waals surface area contributed by atoms with Gasteiger partial charge in [-0.3, -0.25) is 0 Å². The van der Waals surface area contributed by atoms with Crippen LogP contribution >= 0.6 is 0 Å². The van der Waals surface area contributed by atoms with Gasteiger partial charge in [0.15, 0.2) is 0 Å². The van der Waals surface area contributed by atoms with Crippen LogP contribution in [0.25, 0.3) is 0 Å². The second-order valence-electron chi connectivity index (χ2n) is 3.64. The maximum Gasteiger partial charge on any atom is 0.389 e. The van der Waals surface area contributed by atoms with Crippen LogP contribution in [0.1, 0.15) is 17.9 Å². The van der Waals surface area contributed by atoms with Gasteiger partial charge >= 0.3 is 6.18 Å². The molecule has 4 nitrogen and oxygen atoms in total. The number of aryl methyl sites for hydroxylation is 1. The molecule has 0 bridgehead atoms. The topological polar surface area (TPSA) is 49.9 Å². The number of aromatic amines is 1. The number of hydrogen-bond donors (Lipinski definition) is 2. The SMILES string of the molecule is COCCNCc1cnc(CCC(F)(F)F)[nH]1. The molecule has 98 valence electrons. The van der Waals surface area contributed by atoms with E-state index < -0.39 is 12.6 Å². The average Bonchev–Trinajstić information content (AvgIpc) is 2.69. The van der Waals surface area contributed by atoms with Crippen LogP contribution in [0.3, 0.4) is 0 Å². The van der Waals surface area contributed by atoms with E-state index in [1.807, 2.05) is 0 Å². The molecule has 1 aromatic heterocycles. The monoisotopic (exact) mass is 251 g/mol. The van der Waals surface area contributed by atoms with Gasteiger partial charge in [-0.2, -0.15) is 13.2 Å². The maximum atomic E-state index is 12.0. The number of halogens is 3. The first-order valence-electron chi connectivity index (χ1n) is 5.30. The third-order valence-electron chi connectivity index (χ3n) is 2.12. The normalized spacial score (nSPS) is 12.0. The number of methoxy groups -OCH3 is 1. The van der Waals surface area contributed by atoms with Gasteiger partial charge in [-0.1, -0.05) is 0 Å². The second-order valence-corrected chi connectivity index (χ2v) is 3.64. The highest BCUT2D eigenvalue weighted by molar-refractivity contribution is 5.01. The average molecular weight is 251 g/mol. The molecule has 1 rings (SSSR count). The van der Waals surface area contributed by atoms with Crippen LogP contribution in [0.5, 0.6) is 0 Å². The summed E-state index contributed by atoms with van der Waals surface area (Å²) in [5.41, 5.74) is 0.776. The van der Waals surface area contributed by atoms with Crippen molar-refractivity contribution >= 4 is 0 Å². The quantitative estimate of drug-likeness (QED) is 0.724. The molecule has 0 amide bonds. The molecule has 0 aliphatic heterocycles. The van der Waals surface area contributed by atoms with E-state index in [1.54, 1.807) is 13.3 Å². The van der Waals surface area contributed by atoms with Gasteiger partial charge in [-0.25, -0.2) is 4.98 Å². The van der Waals surface area contributed by atoms with E-state index in [0.29, 0.717) is 25.5 Å². The van der Waals surface area contributed by atoms with Crippen molar-refractivity contribution in [2.75, 3.05) is 20.3 Å². The van der Waals surface area contributed by atoms with Crippen molar-refractivity contribution in [3.8, 4) is 0 Å². The summed E-state index contributed by atoms with van der Waals surface area (Å²) in [6, 6.07) is 0. The molecule has 0 aromatic carbocycles. The van der Waals surface area contributed by atoms with E-state index in [4.69, 9.17) is 4.74 Å². The minimum absolute atomic E-state index is 0.110. The van der Waals surface area contributed by atoms with Crippen molar-refractivity contribution in [1.82, 2.24) is 15.3 Å². The summed E-state index contributed by atoms with van der Waals surface area (Å²) in [7, 11) is 1.60. The Morgan fingerprint density at radius 2 is 2.24 bits per heavy atom. The molecular formula is C10H16F3N3O. The molecule has 0 atom stereocenters. The van der Waals surface area contributed by atoms with E-state index in [1.165, 1.54) is 0 Å². The van der Waals surface area contributed by atoms with Gasteiger partial charge in [-0.05, 0) is 0 Å². The van der Waals surface area contributed by atoms with Crippen molar-refractivity contribution in [3.05, 3.63) is 17.7 Å². The second kappa shape index (κ2) is 6.61. The zero-order valence-electron chi connectivity index (χ0n) is 9.60. The van der Waals surface area contributed by atoms with Gasteiger partial charge in [0.1, 0.15) is 5.82 Å². The fourth-order valence-electron chi connectivity index (χ4n) is 1.28. The molecule has 0 saturated carbocycles. The zero-order valence-corrected chi connectivity index (χ0v) is 9.60. The fourth-order valence-corrected chi connectivity index (χ4v) is 1.28. The Kier molecular flexibility index (Phi) is 5.43. The minimum atomic E-state index is -4.14. The molecule has 0 saturated heterocycles. The molecule has 7 heteroatoms. The van der Waals surface area contributed by atoms with E-state index in [2.05, 4.69) is 15.3 Å². The van der Waals surface area contributed by atoms with Crippen molar-refractivity contribution in [2.24, 2.45) is 0 Å². The predicted octanol–water partition coefficient (Wildman–Crippen LogP) is 1.64. The Morgan fingerprint density at radius 3 is 2.88 bits per heavy atom. The highest BCUT2D eigenvalue weighted by atomic mass is 19.4. The van der Waals surface area contributed by atoms with Crippen LogP contribution in [0.2, 0.25) is 0 Å². The van der Waals surface area contributed by atoms with Crippen LogP contribution in [0.15, 0.2) is 6.20 Å². The first-order chi connectivity index (χ1) is 8.01. The lowest BCUT2D eigenvalue weighted by molar-refractivity contribution is -0.134. The molecule has 0 fully saturated rings. The first kappa shape index (κ1) is 14.0. The lowest BCUT2D eigenvalue weighted by Crippen LogP contribution is -2.18. The summed E-state index contributed by atoms with van der Waals surface area (Å²) < 4.78 is 40.8. The Hall–Kier alpha value is -1.08. The third-order valence-corrected chi connectivity index (χ3v) is 2.12. The number of hydrogen-bond acceptors (Lipinski definition) is 3. The van der Waals surface area contributed by atoms with Crippen LogP contribution in [-0.2, 0) is 17.7 Å². The third kappa shape index (κ3) is 6.28. The van der Waals surface area contributed by atoms with Crippen LogP contribution in [-0.4, -0.2) is 36.4 Å². The molecular weight excluding hydrogens is 235 g/mol. The summed E-state index contributed by atoms with van der Waals surface area (Å²) in [5.74, 6) is 0.367. The highest BCUT2D eigenvalue weighted by Crippen LogP contribution is 2.21. The number of imidazole rings is 1. The van der Waals surface area contributed by atoms with Crippen molar-refractivity contribution < 1.29 is 17.9 Å². The van der Waals surface area contributed by atoms with Gasteiger partial charge in [0.2, 0.25) is 0 Å². The summed E-state index contributed by atoms with van der Waals surface area (Å²) in [6.07, 6.45) is -3.55. The molecule has 0 aliphatic carbocycles. The molecule has 17 heavy (non-hydrogen) atoms. The Bertz CT molecular complexity index is 325. The Morgan fingerprint density at radius 1 is 1.47 bits per heavy atom. The summed E-state index contributed by atoms with van der Waals surface area (Å²) >= 11 is 0. The zero-order chi connectivity index (χ0) is 12.7. The Balaban J connectivity index is 2.28. The van der Waals surface area contributed by atoms with Gasteiger partial charge in [0.25, 0.3) is 0 Å². The van der Waals surface area contributed by atoms with Gasteiger partial charge in [0, 0.05) is 38.5 Å². The minimum Gasteiger partial charge on any atom is -0.383 e. The molecule has 0 unspecified atom stereocenters. The van der Waals surface area contributed by atoms with Crippen molar-refractivity contribution in [2.45, 2.75) is 25.6 Å². The molecule has 1 heterocycles. The van der Waals surface area contributed by atoms with E-state index >= 15 is 0 Å². The number of alkyl halides is 3. The number of rotatable bonds is 7. The summed E-state index contributed by atoms with van der Waals surface area (Å²) in [6.45, 7) is 1.82. The molecule has 1 aromatic rings. The molecule has 0 spiro atoms. The lowest BCUT2D eigenvalue weighted by atomic mass is 10.3.